The van der Waals surface area contributed by atoms with Crippen molar-refractivity contribution in [1.82, 2.24) is 4.90 Å². The zero-order valence-corrected chi connectivity index (χ0v) is 12.2. The molecule has 0 unspecified atom stereocenters. The van der Waals surface area contributed by atoms with Crippen molar-refractivity contribution in [3.63, 3.8) is 0 Å². The number of piperidine rings is 1. The molecular formula is C16H17ClN2O. The fourth-order valence-electron chi connectivity index (χ4n) is 2.33. The molecule has 1 fully saturated rings. The van der Waals surface area contributed by atoms with Crippen molar-refractivity contribution in [1.29, 1.82) is 5.26 Å². The molecule has 0 saturated carbocycles. The van der Waals surface area contributed by atoms with E-state index in [2.05, 4.69) is 6.07 Å². The molecule has 1 aromatic carbocycles. The number of benzene rings is 1. The first-order valence-electron chi connectivity index (χ1n) is 6.73. The second-order valence-electron chi connectivity index (χ2n) is 5.07. The first kappa shape index (κ1) is 14.6. The minimum absolute atomic E-state index is 0.0522. The molecule has 2 rings (SSSR count). The van der Waals surface area contributed by atoms with Crippen LogP contribution in [0.15, 0.2) is 29.8 Å². The molecule has 1 aromatic rings. The van der Waals surface area contributed by atoms with Crippen LogP contribution in [-0.4, -0.2) is 23.9 Å². The second-order valence-corrected chi connectivity index (χ2v) is 5.51. The van der Waals surface area contributed by atoms with E-state index in [1.165, 1.54) is 0 Å². The largest absolute Gasteiger partial charge is 0.339 e. The van der Waals surface area contributed by atoms with E-state index in [1.54, 1.807) is 0 Å². The average molecular weight is 289 g/mol. The monoisotopic (exact) mass is 288 g/mol. The molecule has 0 aliphatic carbocycles. The summed E-state index contributed by atoms with van der Waals surface area (Å²) in [6, 6.07) is 9.67. The van der Waals surface area contributed by atoms with Crippen LogP contribution in [0, 0.1) is 17.2 Å². The third-order valence-electron chi connectivity index (χ3n) is 3.56. The Labute approximate surface area is 124 Å². The maximum atomic E-state index is 12.3. The van der Waals surface area contributed by atoms with Gasteiger partial charge in [0.15, 0.2) is 0 Å². The number of nitrogens with zero attached hydrogens (tertiary/aromatic N) is 2. The second kappa shape index (κ2) is 6.58. The highest BCUT2D eigenvalue weighted by Gasteiger charge is 2.23. The van der Waals surface area contributed by atoms with Gasteiger partial charge in [-0.25, -0.2) is 0 Å². The van der Waals surface area contributed by atoms with Crippen molar-refractivity contribution >= 4 is 23.6 Å². The van der Waals surface area contributed by atoms with Gasteiger partial charge in [-0.15, -0.1) is 0 Å². The van der Waals surface area contributed by atoms with E-state index in [0.717, 1.165) is 18.4 Å². The van der Waals surface area contributed by atoms with Gasteiger partial charge in [0.1, 0.15) is 0 Å². The SMILES string of the molecule is C/C(=C\c1ccc(Cl)cc1)C(=O)N1CCC(C#N)CC1. The highest BCUT2D eigenvalue weighted by atomic mass is 35.5. The summed E-state index contributed by atoms with van der Waals surface area (Å²) >= 11 is 5.84. The number of halogens is 1. The first-order valence-corrected chi connectivity index (χ1v) is 7.10. The lowest BCUT2D eigenvalue weighted by atomic mass is 9.98. The molecule has 104 valence electrons. The van der Waals surface area contributed by atoms with Crippen LogP contribution in [-0.2, 0) is 4.79 Å². The van der Waals surface area contributed by atoms with Gasteiger partial charge in [-0.1, -0.05) is 23.7 Å². The van der Waals surface area contributed by atoms with Crippen molar-refractivity contribution in [2.24, 2.45) is 5.92 Å². The summed E-state index contributed by atoms with van der Waals surface area (Å²) in [4.78, 5) is 14.1. The van der Waals surface area contributed by atoms with Crippen LogP contribution in [0.5, 0.6) is 0 Å². The molecule has 3 nitrogen and oxygen atoms in total. The van der Waals surface area contributed by atoms with Gasteiger partial charge >= 0.3 is 0 Å². The summed E-state index contributed by atoms with van der Waals surface area (Å²) in [5.41, 5.74) is 1.68. The van der Waals surface area contributed by atoms with Gasteiger partial charge in [-0.3, -0.25) is 4.79 Å². The van der Waals surface area contributed by atoms with Gasteiger partial charge < -0.3 is 4.90 Å². The van der Waals surface area contributed by atoms with Gasteiger partial charge in [-0.05, 0) is 43.5 Å². The number of hydrogen-bond acceptors (Lipinski definition) is 2. The van der Waals surface area contributed by atoms with E-state index in [4.69, 9.17) is 16.9 Å². The highest BCUT2D eigenvalue weighted by molar-refractivity contribution is 6.30. The summed E-state index contributed by atoms with van der Waals surface area (Å²) in [7, 11) is 0. The molecule has 20 heavy (non-hydrogen) atoms. The minimum atomic E-state index is 0.0522. The van der Waals surface area contributed by atoms with Crippen LogP contribution in [0.25, 0.3) is 6.08 Å². The Morgan fingerprint density at radius 3 is 2.50 bits per heavy atom. The number of carbonyl (C=O) groups excluding carboxylic acids is 1. The molecule has 0 bridgehead atoms. The molecule has 1 amide bonds. The smallest absolute Gasteiger partial charge is 0.249 e. The maximum Gasteiger partial charge on any atom is 0.249 e. The molecule has 0 atom stereocenters. The summed E-state index contributed by atoms with van der Waals surface area (Å²) < 4.78 is 0. The van der Waals surface area contributed by atoms with E-state index >= 15 is 0 Å². The number of hydrogen-bond donors (Lipinski definition) is 0. The quantitative estimate of drug-likeness (QED) is 0.782. The molecule has 0 aromatic heterocycles. The Morgan fingerprint density at radius 1 is 1.35 bits per heavy atom. The predicted octanol–water partition coefficient (Wildman–Crippen LogP) is 3.51. The van der Waals surface area contributed by atoms with E-state index < -0.39 is 0 Å². The number of amides is 1. The van der Waals surface area contributed by atoms with E-state index in [9.17, 15) is 4.79 Å². The normalized spacial score (nSPS) is 16.9. The fourth-order valence-corrected chi connectivity index (χ4v) is 2.46. The molecule has 0 radical (unpaired) electrons. The topological polar surface area (TPSA) is 44.1 Å². The molecule has 1 aliphatic rings. The van der Waals surface area contributed by atoms with Crippen LogP contribution < -0.4 is 0 Å². The van der Waals surface area contributed by atoms with Crippen molar-refractivity contribution < 1.29 is 4.79 Å². The minimum Gasteiger partial charge on any atom is -0.339 e. The summed E-state index contributed by atoms with van der Waals surface area (Å²) in [6.07, 6.45) is 3.42. The summed E-state index contributed by atoms with van der Waals surface area (Å²) in [6.45, 7) is 3.17. The summed E-state index contributed by atoms with van der Waals surface area (Å²) in [5, 5.41) is 9.55. The third-order valence-corrected chi connectivity index (χ3v) is 3.81. The van der Waals surface area contributed by atoms with Crippen LogP contribution in [0.1, 0.15) is 25.3 Å². The highest BCUT2D eigenvalue weighted by Crippen LogP contribution is 2.19. The van der Waals surface area contributed by atoms with E-state index in [-0.39, 0.29) is 11.8 Å². The number of rotatable bonds is 2. The van der Waals surface area contributed by atoms with Gasteiger partial charge in [0, 0.05) is 29.6 Å². The maximum absolute atomic E-state index is 12.3. The Bertz CT molecular complexity index is 549. The zero-order valence-electron chi connectivity index (χ0n) is 11.5. The number of likely N-dealkylation sites (tertiary alicyclic amines) is 1. The van der Waals surface area contributed by atoms with Crippen LogP contribution in [0.2, 0.25) is 5.02 Å². The van der Waals surface area contributed by atoms with Crippen molar-refractivity contribution in [2.75, 3.05) is 13.1 Å². The average Bonchev–Trinajstić information content (AvgIpc) is 2.49. The first-order chi connectivity index (χ1) is 9.60. The lowest BCUT2D eigenvalue weighted by molar-refractivity contribution is -0.128. The van der Waals surface area contributed by atoms with Gasteiger partial charge in [0.25, 0.3) is 0 Å². The van der Waals surface area contributed by atoms with Crippen LogP contribution in [0.3, 0.4) is 0 Å². The molecular weight excluding hydrogens is 272 g/mol. The fraction of sp³-hybridized carbons (Fsp3) is 0.375. The number of carbonyl (C=O) groups is 1. The molecule has 4 heteroatoms. The van der Waals surface area contributed by atoms with E-state index in [1.807, 2.05) is 42.2 Å². The number of nitriles is 1. The van der Waals surface area contributed by atoms with Crippen molar-refractivity contribution in [2.45, 2.75) is 19.8 Å². The molecule has 0 N–H and O–H groups in total. The zero-order chi connectivity index (χ0) is 14.5. The lowest BCUT2D eigenvalue weighted by Gasteiger charge is -2.29. The third kappa shape index (κ3) is 3.61. The predicted molar refractivity (Wildman–Crippen MR) is 80.0 cm³/mol. The van der Waals surface area contributed by atoms with E-state index in [0.29, 0.717) is 23.7 Å². The Morgan fingerprint density at radius 2 is 1.95 bits per heavy atom. The van der Waals surface area contributed by atoms with Gasteiger partial charge in [0.2, 0.25) is 5.91 Å². The Balaban J connectivity index is 2.02. The van der Waals surface area contributed by atoms with Crippen LogP contribution >= 0.6 is 11.6 Å². The Kier molecular flexibility index (Phi) is 4.81. The molecule has 1 aliphatic heterocycles. The van der Waals surface area contributed by atoms with Gasteiger partial charge in [0.05, 0.1) is 6.07 Å². The molecule has 1 heterocycles. The Hall–Kier alpha value is -1.79. The van der Waals surface area contributed by atoms with Gasteiger partial charge in [-0.2, -0.15) is 5.26 Å². The van der Waals surface area contributed by atoms with Crippen molar-refractivity contribution in [3.8, 4) is 6.07 Å². The standard InChI is InChI=1S/C16H17ClN2O/c1-12(10-13-2-4-15(17)5-3-13)16(20)19-8-6-14(11-18)7-9-19/h2-5,10,14H,6-9H2,1H3/b12-10+. The lowest BCUT2D eigenvalue weighted by Crippen LogP contribution is -2.38. The van der Waals surface area contributed by atoms with Crippen LogP contribution in [0.4, 0.5) is 0 Å². The molecule has 1 saturated heterocycles. The summed E-state index contributed by atoms with van der Waals surface area (Å²) in [5.74, 6) is 0.149. The molecule has 0 spiro atoms. The van der Waals surface area contributed by atoms with Crippen molar-refractivity contribution in [3.05, 3.63) is 40.4 Å².